The molecule has 0 saturated heterocycles. The van der Waals surface area contributed by atoms with Crippen molar-refractivity contribution in [3.8, 4) is 0 Å². The molecule has 0 radical (unpaired) electrons. The average Bonchev–Trinajstić information content (AvgIpc) is 2.08. The maximum atomic E-state index is 12.6. The largest absolute Gasteiger partial charge is 0.271 e. The molecule has 0 bridgehead atoms. The van der Waals surface area contributed by atoms with E-state index in [0.29, 0.717) is 5.56 Å². The van der Waals surface area contributed by atoms with Crippen molar-refractivity contribution in [3.05, 3.63) is 35.4 Å². The van der Waals surface area contributed by atoms with Crippen LogP contribution in [0.3, 0.4) is 0 Å². The van der Waals surface area contributed by atoms with Gasteiger partial charge in [-0.3, -0.25) is 11.3 Å². The van der Waals surface area contributed by atoms with E-state index >= 15 is 0 Å². The smallest absolute Gasteiger partial charge is 0.159 e. The second kappa shape index (κ2) is 3.60. The summed E-state index contributed by atoms with van der Waals surface area (Å²) in [5, 5.41) is 0. The summed E-state index contributed by atoms with van der Waals surface area (Å²) in [5.74, 6) is 3.43. The number of hydrogen-bond donors (Lipinski definition) is 2. The summed E-state index contributed by atoms with van der Waals surface area (Å²) in [4.78, 5) is 0. The third-order valence-corrected chi connectivity index (χ3v) is 1.69. The summed E-state index contributed by atoms with van der Waals surface area (Å²) < 4.78 is 25.1. The Labute approximate surface area is 69.4 Å². The van der Waals surface area contributed by atoms with Gasteiger partial charge in [0, 0.05) is 6.04 Å². The molecule has 1 aromatic carbocycles. The molecule has 0 spiro atoms. The summed E-state index contributed by atoms with van der Waals surface area (Å²) in [7, 11) is 0. The highest BCUT2D eigenvalue weighted by atomic mass is 19.2. The van der Waals surface area contributed by atoms with Crippen LogP contribution in [-0.2, 0) is 0 Å². The van der Waals surface area contributed by atoms with E-state index < -0.39 is 11.6 Å². The first-order valence-corrected chi connectivity index (χ1v) is 3.56. The maximum Gasteiger partial charge on any atom is 0.159 e. The number of benzene rings is 1. The van der Waals surface area contributed by atoms with E-state index in [4.69, 9.17) is 5.84 Å². The first-order chi connectivity index (χ1) is 5.65. The Kier molecular flexibility index (Phi) is 2.73. The van der Waals surface area contributed by atoms with Gasteiger partial charge in [0.25, 0.3) is 0 Å². The summed E-state index contributed by atoms with van der Waals surface area (Å²) in [6, 6.07) is 3.52. The molecular weight excluding hydrogens is 162 g/mol. The molecule has 1 unspecified atom stereocenters. The van der Waals surface area contributed by atoms with Gasteiger partial charge in [0.2, 0.25) is 0 Å². The van der Waals surface area contributed by atoms with Crippen molar-refractivity contribution in [1.29, 1.82) is 0 Å². The first kappa shape index (κ1) is 9.09. The molecule has 0 saturated carbocycles. The number of nitrogens with one attached hydrogen (secondary N) is 1. The van der Waals surface area contributed by atoms with Crippen molar-refractivity contribution >= 4 is 0 Å². The second-order valence-electron chi connectivity index (χ2n) is 2.56. The molecule has 2 nitrogen and oxygen atoms in total. The first-order valence-electron chi connectivity index (χ1n) is 3.56. The van der Waals surface area contributed by atoms with Gasteiger partial charge in [-0.1, -0.05) is 6.07 Å². The van der Waals surface area contributed by atoms with Crippen LogP contribution in [0.1, 0.15) is 18.5 Å². The van der Waals surface area contributed by atoms with Gasteiger partial charge in [-0.15, -0.1) is 0 Å². The van der Waals surface area contributed by atoms with Crippen LogP contribution in [0.2, 0.25) is 0 Å². The fourth-order valence-corrected chi connectivity index (χ4v) is 0.878. The molecule has 12 heavy (non-hydrogen) atoms. The van der Waals surface area contributed by atoms with Crippen LogP contribution in [0.4, 0.5) is 8.78 Å². The molecule has 0 aromatic heterocycles. The Morgan fingerprint density at radius 3 is 2.50 bits per heavy atom. The third-order valence-electron chi connectivity index (χ3n) is 1.69. The zero-order chi connectivity index (χ0) is 9.14. The second-order valence-corrected chi connectivity index (χ2v) is 2.56. The van der Waals surface area contributed by atoms with Crippen LogP contribution in [0.25, 0.3) is 0 Å². The Morgan fingerprint density at radius 1 is 1.33 bits per heavy atom. The van der Waals surface area contributed by atoms with Gasteiger partial charge < -0.3 is 0 Å². The molecule has 0 amide bonds. The Bertz CT molecular complexity index is 276. The zero-order valence-electron chi connectivity index (χ0n) is 6.64. The molecule has 4 heteroatoms. The van der Waals surface area contributed by atoms with Gasteiger partial charge in [0.1, 0.15) is 0 Å². The molecule has 0 aliphatic carbocycles. The lowest BCUT2D eigenvalue weighted by Crippen LogP contribution is -2.25. The minimum Gasteiger partial charge on any atom is -0.271 e. The minimum atomic E-state index is -0.852. The number of nitrogens with two attached hydrogens (primary N) is 1. The van der Waals surface area contributed by atoms with Gasteiger partial charge in [-0.05, 0) is 24.6 Å². The lowest BCUT2D eigenvalue weighted by Gasteiger charge is -2.09. The van der Waals surface area contributed by atoms with Gasteiger partial charge in [-0.25, -0.2) is 8.78 Å². The fourth-order valence-electron chi connectivity index (χ4n) is 0.878. The molecule has 0 aliphatic heterocycles. The van der Waals surface area contributed by atoms with Gasteiger partial charge in [0.15, 0.2) is 11.6 Å². The van der Waals surface area contributed by atoms with Gasteiger partial charge >= 0.3 is 0 Å². The lowest BCUT2D eigenvalue weighted by molar-refractivity contribution is 0.502. The molecular formula is C8H10F2N2. The van der Waals surface area contributed by atoms with Crippen LogP contribution < -0.4 is 11.3 Å². The molecule has 1 aromatic rings. The Balaban J connectivity index is 2.96. The van der Waals surface area contributed by atoms with Crippen molar-refractivity contribution in [1.82, 2.24) is 5.43 Å². The molecule has 0 heterocycles. The fraction of sp³-hybridized carbons (Fsp3) is 0.250. The van der Waals surface area contributed by atoms with E-state index in [0.717, 1.165) is 12.1 Å². The summed E-state index contributed by atoms with van der Waals surface area (Å²) >= 11 is 0. The molecule has 1 atom stereocenters. The summed E-state index contributed by atoms with van der Waals surface area (Å²) in [6.07, 6.45) is 0. The van der Waals surface area contributed by atoms with Crippen LogP contribution in [-0.4, -0.2) is 0 Å². The van der Waals surface area contributed by atoms with E-state index in [1.54, 1.807) is 6.92 Å². The van der Waals surface area contributed by atoms with E-state index in [9.17, 15) is 8.78 Å². The molecule has 0 fully saturated rings. The van der Waals surface area contributed by atoms with E-state index in [2.05, 4.69) is 5.43 Å². The Morgan fingerprint density at radius 2 is 2.00 bits per heavy atom. The van der Waals surface area contributed by atoms with Crippen LogP contribution in [0.5, 0.6) is 0 Å². The number of hydrogen-bond acceptors (Lipinski definition) is 2. The maximum absolute atomic E-state index is 12.6. The molecule has 66 valence electrons. The van der Waals surface area contributed by atoms with Crippen LogP contribution in [0.15, 0.2) is 18.2 Å². The number of rotatable bonds is 2. The standard InChI is InChI=1S/C8H10F2N2/c1-5(12-11)6-2-3-7(9)8(10)4-6/h2-5,12H,11H2,1H3. The van der Waals surface area contributed by atoms with Gasteiger partial charge in [0.05, 0.1) is 0 Å². The predicted octanol–water partition coefficient (Wildman–Crippen LogP) is 1.49. The predicted molar refractivity (Wildman–Crippen MR) is 42.1 cm³/mol. The van der Waals surface area contributed by atoms with Crippen LogP contribution >= 0.6 is 0 Å². The highest BCUT2D eigenvalue weighted by Gasteiger charge is 2.06. The molecule has 1 rings (SSSR count). The van der Waals surface area contributed by atoms with Crippen molar-refractivity contribution in [2.75, 3.05) is 0 Å². The quantitative estimate of drug-likeness (QED) is 0.524. The lowest BCUT2D eigenvalue weighted by atomic mass is 10.1. The number of hydrazine groups is 1. The Hall–Kier alpha value is -1.00. The van der Waals surface area contributed by atoms with Gasteiger partial charge in [-0.2, -0.15) is 0 Å². The number of halogens is 2. The molecule has 3 N–H and O–H groups in total. The zero-order valence-corrected chi connectivity index (χ0v) is 6.64. The minimum absolute atomic E-state index is 0.180. The topological polar surface area (TPSA) is 38.0 Å². The monoisotopic (exact) mass is 172 g/mol. The average molecular weight is 172 g/mol. The van der Waals surface area contributed by atoms with E-state index in [1.165, 1.54) is 6.07 Å². The third kappa shape index (κ3) is 1.78. The summed E-state index contributed by atoms with van der Waals surface area (Å²) in [5.41, 5.74) is 3.06. The van der Waals surface area contributed by atoms with E-state index in [1.807, 2.05) is 0 Å². The normalized spacial score (nSPS) is 13.0. The summed E-state index contributed by atoms with van der Waals surface area (Å²) in [6.45, 7) is 1.76. The highest BCUT2D eigenvalue weighted by Crippen LogP contribution is 2.14. The van der Waals surface area contributed by atoms with Crippen LogP contribution in [0, 0.1) is 11.6 Å². The van der Waals surface area contributed by atoms with Crippen molar-refractivity contribution in [2.45, 2.75) is 13.0 Å². The van der Waals surface area contributed by atoms with Crippen molar-refractivity contribution in [3.63, 3.8) is 0 Å². The molecule has 0 aliphatic rings. The van der Waals surface area contributed by atoms with Crippen molar-refractivity contribution in [2.24, 2.45) is 5.84 Å². The van der Waals surface area contributed by atoms with E-state index in [-0.39, 0.29) is 6.04 Å². The SMILES string of the molecule is CC(NN)c1ccc(F)c(F)c1. The highest BCUT2D eigenvalue weighted by molar-refractivity contribution is 5.20. The van der Waals surface area contributed by atoms with Crippen molar-refractivity contribution < 1.29 is 8.78 Å².